The predicted molar refractivity (Wildman–Crippen MR) is 71.0 cm³/mol. The zero-order chi connectivity index (χ0) is 12.1. The van der Waals surface area contributed by atoms with Gasteiger partial charge in [-0.3, -0.25) is 4.90 Å². The van der Waals surface area contributed by atoms with Crippen LogP contribution in [0, 0.1) is 6.92 Å². The van der Waals surface area contributed by atoms with Gasteiger partial charge in [-0.2, -0.15) is 0 Å². The Balaban J connectivity index is 1.77. The van der Waals surface area contributed by atoms with E-state index in [2.05, 4.69) is 10.2 Å². The second-order valence-electron chi connectivity index (χ2n) is 4.35. The molecule has 0 atom stereocenters. The van der Waals surface area contributed by atoms with E-state index in [1.54, 1.807) is 0 Å². The lowest BCUT2D eigenvalue weighted by molar-refractivity contribution is 0.191. The maximum Gasteiger partial charge on any atom is 0.122 e. The number of piperazine rings is 1. The molecule has 0 radical (unpaired) electrons. The third-order valence-corrected chi connectivity index (χ3v) is 3.25. The molecule has 94 valence electrons. The van der Waals surface area contributed by atoms with E-state index >= 15 is 0 Å². The first kappa shape index (κ1) is 12.7. The Kier molecular flexibility index (Phi) is 4.66. The minimum atomic E-state index is 0.739. The van der Waals surface area contributed by atoms with Gasteiger partial charge in [-0.25, -0.2) is 0 Å². The van der Waals surface area contributed by atoms with Crippen LogP contribution in [0.25, 0.3) is 0 Å². The number of nitrogens with zero attached hydrogens (tertiary/aromatic N) is 1. The average Bonchev–Trinajstić information content (AvgIpc) is 2.33. The summed E-state index contributed by atoms with van der Waals surface area (Å²) in [6.45, 7) is 8.14. The van der Waals surface area contributed by atoms with Crippen molar-refractivity contribution >= 4 is 11.6 Å². The zero-order valence-electron chi connectivity index (χ0n) is 10.2. The van der Waals surface area contributed by atoms with Crippen LogP contribution in [-0.4, -0.2) is 44.2 Å². The van der Waals surface area contributed by atoms with Crippen LogP contribution in [0.15, 0.2) is 18.2 Å². The molecule has 0 aliphatic carbocycles. The molecular formula is C13H19ClN2O. The molecule has 0 saturated carbocycles. The molecule has 0 amide bonds. The van der Waals surface area contributed by atoms with E-state index in [1.165, 1.54) is 0 Å². The lowest BCUT2D eigenvalue weighted by Crippen LogP contribution is -2.44. The van der Waals surface area contributed by atoms with Gasteiger partial charge in [0.1, 0.15) is 12.4 Å². The summed E-state index contributed by atoms with van der Waals surface area (Å²) in [4.78, 5) is 2.42. The van der Waals surface area contributed by atoms with E-state index in [0.29, 0.717) is 0 Å². The van der Waals surface area contributed by atoms with Crippen LogP contribution in [0.1, 0.15) is 5.56 Å². The summed E-state index contributed by atoms with van der Waals surface area (Å²) < 4.78 is 5.77. The topological polar surface area (TPSA) is 24.5 Å². The molecule has 1 saturated heterocycles. The SMILES string of the molecule is Cc1cc(Cl)ccc1OCCN1CCNCC1. The van der Waals surface area contributed by atoms with E-state index in [1.807, 2.05) is 25.1 Å². The van der Waals surface area contributed by atoms with Gasteiger partial charge in [-0.05, 0) is 30.7 Å². The van der Waals surface area contributed by atoms with Crippen molar-refractivity contribution in [3.8, 4) is 5.75 Å². The first-order valence-electron chi connectivity index (χ1n) is 6.08. The molecule has 0 aromatic heterocycles. The van der Waals surface area contributed by atoms with Gasteiger partial charge in [-0.15, -0.1) is 0 Å². The highest BCUT2D eigenvalue weighted by atomic mass is 35.5. The number of hydrogen-bond donors (Lipinski definition) is 1. The highest BCUT2D eigenvalue weighted by Crippen LogP contribution is 2.21. The molecule has 0 bridgehead atoms. The Morgan fingerprint density at radius 3 is 2.82 bits per heavy atom. The largest absolute Gasteiger partial charge is 0.492 e. The highest BCUT2D eigenvalue weighted by molar-refractivity contribution is 6.30. The van der Waals surface area contributed by atoms with Crippen LogP contribution in [0.3, 0.4) is 0 Å². The van der Waals surface area contributed by atoms with Crippen LogP contribution in [-0.2, 0) is 0 Å². The van der Waals surface area contributed by atoms with Crippen molar-refractivity contribution in [3.63, 3.8) is 0 Å². The normalized spacial score (nSPS) is 17.1. The smallest absolute Gasteiger partial charge is 0.122 e. The second-order valence-corrected chi connectivity index (χ2v) is 4.79. The summed E-state index contributed by atoms with van der Waals surface area (Å²) in [7, 11) is 0. The van der Waals surface area contributed by atoms with Gasteiger partial charge in [0, 0.05) is 37.7 Å². The monoisotopic (exact) mass is 254 g/mol. The number of halogens is 1. The van der Waals surface area contributed by atoms with Crippen LogP contribution in [0.4, 0.5) is 0 Å². The molecule has 1 heterocycles. The Morgan fingerprint density at radius 2 is 2.12 bits per heavy atom. The van der Waals surface area contributed by atoms with Gasteiger partial charge >= 0.3 is 0 Å². The van der Waals surface area contributed by atoms with E-state index in [4.69, 9.17) is 16.3 Å². The van der Waals surface area contributed by atoms with Gasteiger partial charge < -0.3 is 10.1 Å². The zero-order valence-corrected chi connectivity index (χ0v) is 11.0. The van der Waals surface area contributed by atoms with Gasteiger partial charge in [0.15, 0.2) is 0 Å². The molecule has 1 aromatic rings. The molecule has 1 aromatic carbocycles. The van der Waals surface area contributed by atoms with Gasteiger partial charge in [0.25, 0.3) is 0 Å². The maximum atomic E-state index is 5.90. The fraction of sp³-hybridized carbons (Fsp3) is 0.538. The average molecular weight is 255 g/mol. The molecule has 4 heteroatoms. The molecule has 2 rings (SSSR count). The summed E-state index contributed by atoms with van der Waals surface area (Å²) in [5.41, 5.74) is 1.10. The lowest BCUT2D eigenvalue weighted by Gasteiger charge is -2.27. The van der Waals surface area contributed by atoms with Crippen molar-refractivity contribution in [3.05, 3.63) is 28.8 Å². The lowest BCUT2D eigenvalue weighted by atomic mass is 10.2. The van der Waals surface area contributed by atoms with Crippen molar-refractivity contribution in [1.29, 1.82) is 0 Å². The van der Waals surface area contributed by atoms with Crippen molar-refractivity contribution in [2.45, 2.75) is 6.92 Å². The fourth-order valence-corrected chi connectivity index (χ4v) is 2.22. The maximum absolute atomic E-state index is 5.90. The first-order valence-corrected chi connectivity index (χ1v) is 6.45. The van der Waals surface area contributed by atoms with Crippen molar-refractivity contribution in [1.82, 2.24) is 10.2 Å². The van der Waals surface area contributed by atoms with Crippen molar-refractivity contribution < 1.29 is 4.74 Å². The summed E-state index contributed by atoms with van der Waals surface area (Å²) in [6, 6.07) is 5.74. The summed E-state index contributed by atoms with van der Waals surface area (Å²) in [5.74, 6) is 0.935. The Labute approximate surface area is 108 Å². The van der Waals surface area contributed by atoms with E-state index in [9.17, 15) is 0 Å². The molecule has 17 heavy (non-hydrogen) atoms. The molecule has 1 N–H and O–H groups in total. The Hall–Kier alpha value is -0.770. The standard InChI is InChI=1S/C13H19ClN2O/c1-11-10-12(14)2-3-13(11)17-9-8-16-6-4-15-5-7-16/h2-3,10,15H,4-9H2,1H3. The summed E-state index contributed by atoms with van der Waals surface area (Å²) in [6.07, 6.45) is 0. The molecule has 1 aliphatic heterocycles. The molecule has 0 spiro atoms. The van der Waals surface area contributed by atoms with Gasteiger partial charge in [-0.1, -0.05) is 11.6 Å². The molecule has 1 aliphatic rings. The highest BCUT2D eigenvalue weighted by Gasteiger charge is 2.09. The molecular weight excluding hydrogens is 236 g/mol. The molecule has 1 fully saturated rings. The summed E-state index contributed by atoms with van der Waals surface area (Å²) >= 11 is 5.90. The Bertz CT molecular complexity index is 364. The van der Waals surface area contributed by atoms with E-state index in [0.717, 1.165) is 55.7 Å². The quantitative estimate of drug-likeness (QED) is 0.889. The molecule has 3 nitrogen and oxygen atoms in total. The minimum absolute atomic E-state index is 0.739. The van der Waals surface area contributed by atoms with Crippen molar-refractivity contribution in [2.75, 3.05) is 39.3 Å². The van der Waals surface area contributed by atoms with Gasteiger partial charge in [0.05, 0.1) is 0 Å². The van der Waals surface area contributed by atoms with Crippen LogP contribution >= 0.6 is 11.6 Å². The number of aryl methyl sites for hydroxylation is 1. The Morgan fingerprint density at radius 1 is 1.35 bits per heavy atom. The third-order valence-electron chi connectivity index (χ3n) is 3.01. The summed E-state index contributed by atoms with van der Waals surface area (Å²) in [5, 5.41) is 4.10. The third kappa shape index (κ3) is 3.87. The second kappa shape index (κ2) is 6.24. The number of nitrogens with one attached hydrogen (secondary N) is 1. The number of benzene rings is 1. The van der Waals surface area contributed by atoms with E-state index in [-0.39, 0.29) is 0 Å². The number of ether oxygens (including phenoxy) is 1. The van der Waals surface area contributed by atoms with Crippen LogP contribution in [0.2, 0.25) is 5.02 Å². The first-order chi connectivity index (χ1) is 8.25. The predicted octanol–water partition coefficient (Wildman–Crippen LogP) is 1.93. The van der Waals surface area contributed by atoms with Crippen molar-refractivity contribution in [2.24, 2.45) is 0 Å². The minimum Gasteiger partial charge on any atom is -0.492 e. The molecule has 0 unspecified atom stereocenters. The fourth-order valence-electron chi connectivity index (χ4n) is 1.99. The van der Waals surface area contributed by atoms with Crippen LogP contribution < -0.4 is 10.1 Å². The van der Waals surface area contributed by atoms with E-state index < -0.39 is 0 Å². The van der Waals surface area contributed by atoms with Gasteiger partial charge in [0.2, 0.25) is 0 Å². The number of rotatable bonds is 4. The number of hydrogen-bond acceptors (Lipinski definition) is 3. The van der Waals surface area contributed by atoms with Crippen LogP contribution in [0.5, 0.6) is 5.75 Å².